The first-order valence-electron chi connectivity index (χ1n) is 8.32. The number of carbonyl (C=O) groups is 2. The normalized spacial score (nSPS) is 16.7. The van der Waals surface area contributed by atoms with Crippen molar-refractivity contribution in [3.05, 3.63) is 54.3 Å². The van der Waals surface area contributed by atoms with Crippen LogP contribution in [0.2, 0.25) is 0 Å². The topological polar surface area (TPSA) is 93.3 Å². The molecule has 1 saturated heterocycles. The standard InChI is InChI=1S/C18H16FN5O3/c1-23-9-11(8-20-23)15-7-16(27-22-15)18(26)21-13-6-17(25)24(10-13)14-4-2-12(19)3-5-14/h2-5,7-9,13H,6,10H2,1H3,(H,21,26)/t13-/m0/s1. The van der Waals surface area contributed by atoms with Gasteiger partial charge in [-0.1, -0.05) is 5.16 Å². The van der Waals surface area contributed by atoms with Crippen molar-refractivity contribution in [1.29, 1.82) is 0 Å². The maximum Gasteiger partial charge on any atom is 0.290 e. The third-order valence-electron chi connectivity index (χ3n) is 4.33. The smallest absolute Gasteiger partial charge is 0.290 e. The number of amides is 2. The van der Waals surface area contributed by atoms with E-state index in [0.717, 1.165) is 5.56 Å². The number of aromatic nitrogens is 3. The third kappa shape index (κ3) is 3.43. The molecule has 1 N–H and O–H groups in total. The molecule has 3 heterocycles. The van der Waals surface area contributed by atoms with E-state index < -0.39 is 5.91 Å². The summed E-state index contributed by atoms with van der Waals surface area (Å²) in [5, 5.41) is 10.7. The third-order valence-corrected chi connectivity index (χ3v) is 4.33. The van der Waals surface area contributed by atoms with E-state index in [4.69, 9.17) is 4.52 Å². The fourth-order valence-electron chi connectivity index (χ4n) is 3.00. The van der Waals surface area contributed by atoms with Crippen LogP contribution in [0.25, 0.3) is 11.3 Å². The molecule has 8 nitrogen and oxygen atoms in total. The van der Waals surface area contributed by atoms with Crippen LogP contribution < -0.4 is 10.2 Å². The van der Waals surface area contributed by atoms with Crippen LogP contribution in [-0.4, -0.2) is 39.3 Å². The minimum atomic E-state index is -0.448. The summed E-state index contributed by atoms with van der Waals surface area (Å²) in [4.78, 5) is 26.1. The Morgan fingerprint density at radius 1 is 1.33 bits per heavy atom. The molecule has 3 aromatic rings. The molecule has 2 amide bonds. The van der Waals surface area contributed by atoms with E-state index in [1.807, 2.05) is 0 Å². The van der Waals surface area contributed by atoms with Gasteiger partial charge in [-0.25, -0.2) is 4.39 Å². The maximum atomic E-state index is 13.1. The number of halogens is 1. The summed E-state index contributed by atoms with van der Waals surface area (Å²) in [6.07, 6.45) is 3.54. The summed E-state index contributed by atoms with van der Waals surface area (Å²) in [7, 11) is 1.78. The average molecular weight is 369 g/mol. The minimum absolute atomic E-state index is 0.0570. The second-order valence-electron chi connectivity index (χ2n) is 6.33. The van der Waals surface area contributed by atoms with E-state index in [-0.39, 0.29) is 29.9 Å². The van der Waals surface area contributed by atoms with Crippen molar-refractivity contribution in [2.75, 3.05) is 11.4 Å². The van der Waals surface area contributed by atoms with Crippen LogP contribution in [0.1, 0.15) is 17.0 Å². The van der Waals surface area contributed by atoms with Crippen LogP contribution in [0.4, 0.5) is 10.1 Å². The van der Waals surface area contributed by atoms with Gasteiger partial charge in [-0.15, -0.1) is 0 Å². The number of nitrogens with one attached hydrogen (secondary N) is 1. The molecule has 138 valence electrons. The molecule has 1 aromatic carbocycles. The number of benzene rings is 1. The molecule has 0 aliphatic carbocycles. The van der Waals surface area contributed by atoms with E-state index in [1.54, 1.807) is 24.1 Å². The van der Waals surface area contributed by atoms with E-state index in [0.29, 0.717) is 17.9 Å². The lowest BCUT2D eigenvalue weighted by Gasteiger charge is -2.16. The van der Waals surface area contributed by atoms with Crippen molar-refractivity contribution >= 4 is 17.5 Å². The molecule has 0 saturated carbocycles. The predicted octanol–water partition coefficient (Wildman–Crippen LogP) is 1.75. The molecule has 0 bridgehead atoms. The Bertz CT molecular complexity index is 995. The molecular formula is C18H16FN5O3. The van der Waals surface area contributed by atoms with Gasteiger partial charge in [-0.3, -0.25) is 14.3 Å². The first kappa shape index (κ1) is 17.0. The summed E-state index contributed by atoms with van der Waals surface area (Å²) >= 11 is 0. The Morgan fingerprint density at radius 2 is 2.11 bits per heavy atom. The Kier molecular flexibility index (Phi) is 4.19. The average Bonchev–Trinajstić information content (AvgIpc) is 3.35. The van der Waals surface area contributed by atoms with Gasteiger partial charge >= 0.3 is 0 Å². The van der Waals surface area contributed by atoms with Crippen molar-refractivity contribution in [2.24, 2.45) is 7.05 Å². The first-order valence-corrected chi connectivity index (χ1v) is 8.32. The molecule has 2 aromatic heterocycles. The Balaban J connectivity index is 1.42. The van der Waals surface area contributed by atoms with Crippen molar-refractivity contribution in [2.45, 2.75) is 12.5 Å². The molecular weight excluding hydrogens is 353 g/mol. The Morgan fingerprint density at radius 3 is 2.81 bits per heavy atom. The highest BCUT2D eigenvalue weighted by Crippen LogP contribution is 2.23. The van der Waals surface area contributed by atoms with Gasteiger partial charge < -0.3 is 14.7 Å². The highest BCUT2D eigenvalue weighted by atomic mass is 19.1. The zero-order valence-electron chi connectivity index (χ0n) is 14.4. The zero-order valence-corrected chi connectivity index (χ0v) is 14.4. The second kappa shape index (κ2) is 6.67. The molecule has 9 heteroatoms. The fraction of sp³-hybridized carbons (Fsp3) is 0.222. The number of hydrogen-bond acceptors (Lipinski definition) is 5. The molecule has 27 heavy (non-hydrogen) atoms. The monoisotopic (exact) mass is 369 g/mol. The number of aryl methyl sites for hydroxylation is 1. The Labute approximate surface area is 153 Å². The quantitative estimate of drug-likeness (QED) is 0.756. The van der Waals surface area contributed by atoms with E-state index in [2.05, 4.69) is 15.6 Å². The molecule has 1 fully saturated rings. The maximum absolute atomic E-state index is 13.1. The molecule has 1 atom stereocenters. The largest absolute Gasteiger partial charge is 0.350 e. The molecule has 0 spiro atoms. The van der Waals surface area contributed by atoms with Gasteiger partial charge in [-0.05, 0) is 24.3 Å². The highest BCUT2D eigenvalue weighted by molar-refractivity contribution is 5.98. The molecule has 1 aliphatic rings. The minimum Gasteiger partial charge on any atom is -0.350 e. The summed E-state index contributed by atoms with van der Waals surface area (Å²) in [5.41, 5.74) is 1.83. The lowest BCUT2D eigenvalue weighted by Crippen LogP contribution is -2.37. The van der Waals surface area contributed by atoms with Crippen molar-refractivity contribution < 1.29 is 18.5 Å². The molecule has 1 aliphatic heterocycles. The van der Waals surface area contributed by atoms with Gasteiger partial charge in [-0.2, -0.15) is 5.10 Å². The first-order chi connectivity index (χ1) is 13.0. The molecule has 0 unspecified atom stereocenters. The van der Waals surface area contributed by atoms with E-state index >= 15 is 0 Å². The number of carbonyl (C=O) groups excluding carboxylic acids is 2. The van der Waals surface area contributed by atoms with Gasteiger partial charge in [0, 0.05) is 43.5 Å². The highest BCUT2D eigenvalue weighted by Gasteiger charge is 2.32. The van der Waals surface area contributed by atoms with Crippen LogP contribution in [0.15, 0.2) is 47.2 Å². The van der Waals surface area contributed by atoms with Crippen LogP contribution in [0.3, 0.4) is 0 Å². The van der Waals surface area contributed by atoms with Gasteiger partial charge in [0.2, 0.25) is 11.7 Å². The van der Waals surface area contributed by atoms with Crippen LogP contribution in [-0.2, 0) is 11.8 Å². The van der Waals surface area contributed by atoms with Crippen molar-refractivity contribution in [1.82, 2.24) is 20.3 Å². The molecule has 4 rings (SSSR count). The van der Waals surface area contributed by atoms with E-state index in [1.165, 1.54) is 35.2 Å². The van der Waals surface area contributed by atoms with Gasteiger partial charge in [0.1, 0.15) is 11.5 Å². The van der Waals surface area contributed by atoms with E-state index in [9.17, 15) is 14.0 Å². The SMILES string of the molecule is Cn1cc(-c2cc(C(=O)N[C@H]3CC(=O)N(c4ccc(F)cc4)C3)on2)cn1. The second-order valence-corrected chi connectivity index (χ2v) is 6.33. The summed E-state index contributed by atoms with van der Waals surface area (Å²) in [6.45, 7) is 0.305. The summed E-state index contributed by atoms with van der Waals surface area (Å²) in [6, 6.07) is 6.82. The van der Waals surface area contributed by atoms with Gasteiger partial charge in [0.25, 0.3) is 5.91 Å². The summed E-state index contributed by atoms with van der Waals surface area (Å²) < 4.78 is 19.8. The van der Waals surface area contributed by atoms with Crippen LogP contribution in [0, 0.1) is 5.82 Å². The predicted molar refractivity (Wildman–Crippen MR) is 93.3 cm³/mol. The fourth-order valence-corrected chi connectivity index (χ4v) is 3.00. The number of rotatable bonds is 4. The molecule has 0 radical (unpaired) electrons. The van der Waals surface area contributed by atoms with Gasteiger partial charge in [0.05, 0.1) is 12.2 Å². The Hall–Kier alpha value is -3.49. The zero-order chi connectivity index (χ0) is 19.0. The number of anilines is 1. The lowest BCUT2D eigenvalue weighted by atomic mass is 10.2. The summed E-state index contributed by atoms with van der Waals surface area (Å²) in [5.74, 6) is -0.900. The van der Waals surface area contributed by atoms with Crippen LogP contribution >= 0.6 is 0 Å². The number of nitrogens with zero attached hydrogens (tertiary/aromatic N) is 4. The van der Waals surface area contributed by atoms with Crippen molar-refractivity contribution in [3.8, 4) is 11.3 Å². The van der Waals surface area contributed by atoms with Gasteiger partial charge in [0.15, 0.2) is 0 Å². The van der Waals surface area contributed by atoms with Crippen molar-refractivity contribution in [3.63, 3.8) is 0 Å². The van der Waals surface area contributed by atoms with Crippen LogP contribution in [0.5, 0.6) is 0 Å². The number of hydrogen-bond donors (Lipinski definition) is 1. The lowest BCUT2D eigenvalue weighted by molar-refractivity contribution is -0.117.